The lowest BCUT2D eigenvalue weighted by atomic mass is 10.0. The number of quaternary nitrogens is 1. The predicted molar refractivity (Wildman–Crippen MR) is 270 cm³/mol. The predicted octanol–water partition coefficient (Wildman–Crippen LogP) is 14.7. The van der Waals surface area contributed by atoms with E-state index in [1.165, 1.54) is 128 Å². The van der Waals surface area contributed by atoms with E-state index in [0.717, 1.165) is 70.6 Å². The molecule has 0 heterocycles. The topological polar surface area (TPSA) is 108 Å². The second kappa shape index (κ2) is 45.4. The lowest BCUT2D eigenvalue weighted by Crippen LogP contribution is -2.46. The fourth-order valence-electron chi connectivity index (χ4n) is 7.42. The Morgan fingerprint density at radius 2 is 0.968 bits per heavy atom. The van der Waals surface area contributed by atoms with Crippen LogP contribution < -0.4 is 10.2 Å². The minimum Gasteiger partial charge on any atom is -0.756 e. The first kappa shape index (κ1) is 61.2. The number of allylic oxidation sites excluding steroid dienone is 10. The van der Waals surface area contributed by atoms with Gasteiger partial charge in [-0.15, -0.1) is 0 Å². The Kier molecular flexibility index (Phi) is 44.1. The highest BCUT2D eigenvalue weighted by atomic mass is 31.2. The minimum absolute atomic E-state index is 0.00981. The van der Waals surface area contributed by atoms with E-state index in [1.54, 1.807) is 0 Å². The van der Waals surface area contributed by atoms with Crippen LogP contribution in [0.3, 0.4) is 0 Å². The largest absolute Gasteiger partial charge is 0.756 e. The van der Waals surface area contributed by atoms with Gasteiger partial charge < -0.3 is 28.8 Å². The molecule has 1 amide bonds. The summed E-state index contributed by atoms with van der Waals surface area (Å²) in [6.07, 6.45) is 59.5. The number of aliphatic hydroxyl groups is 1. The summed E-state index contributed by atoms with van der Waals surface area (Å²) in [7, 11) is 1.30. The van der Waals surface area contributed by atoms with Crippen molar-refractivity contribution in [2.45, 2.75) is 238 Å². The monoisotopic (exact) mass is 905 g/mol. The van der Waals surface area contributed by atoms with Crippen molar-refractivity contribution >= 4 is 13.7 Å². The molecule has 0 spiro atoms. The molecule has 0 aromatic rings. The highest BCUT2D eigenvalue weighted by Gasteiger charge is 2.24. The molecule has 0 aliphatic rings. The van der Waals surface area contributed by atoms with Crippen molar-refractivity contribution in [3.63, 3.8) is 0 Å². The molecular formula is C54H101N2O6P. The number of likely N-dealkylation sites (N-methyl/N-ethyl adjacent to an activating group) is 1. The molecule has 0 bridgehead atoms. The molecule has 0 aromatic carbocycles. The summed E-state index contributed by atoms with van der Waals surface area (Å²) < 4.78 is 23.3. The molecule has 0 saturated heterocycles. The Balaban J connectivity index is 4.18. The van der Waals surface area contributed by atoms with Crippen molar-refractivity contribution in [2.75, 3.05) is 40.9 Å². The van der Waals surface area contributed by atoms with E-state index in [9.17, 15) is 19.4 Å². The van der Waals surface area contributed by atoms with Gasteiger partial charge in [0.1, 0.15) is 13.2 Å². The van der Waals surface area contributed by atoms with Crippen LogP contribution in [-0.4, -0.2) is 68.5 Å². The van der Waals surface area contributed by atoms with Gasteiger partial charge in [-0.1, -0.05) is 222 Å². The number of nitrogens with zero attached hydrogens (tertiary/aromatic N) is 1. The highest BCUT2D eigenvalue weighted by molar-refractivity contribution is 7.45. The molecule has 0 radical (unpaired) electrons. The average Bonchev–Trinajstić information content (AvgIpc) is 3.24. The van der Waals surface area contributed by atoms with Crippen LogP contribution in [0.4, 0.5) is 0 Å². The quantitative estimate of drug-likeness (QED) is 0.0273. The van der Waals surface area contributed by atoms with Gasteiger partial charge in [-0.05, 0) is 57.8 Å². The molecule has 368 valence electrons. The molecule has 0 fully saturated rings. The van der Waals surface area contributed by atoms with Crippen molar-refractivity contribution in [1.29, 1.82) is 0 Å². The van der Waals surface area contributed by atoms with Crippen molar-refractivity contribution in [2.24, 2.45) is 0 Å². The molecule has 0 aromatic heterocycles. The number of carbonyl (C=O) groups excluding carboxylic acids is 1. The minimum atomic E-state index is -4.57. The maximum absolute atomic E-state index is 12.9. The third-order valence-electron chi connectivity index (χ3n) is 11.5. The standard InChI is InChI=1S/C54H101N2O6P/c1-6-8-10-12-14-16-18-20-22-23-24-25-26-27-28-29-30-31-32-33-34-36-38-40-42-44-46-48-54(58)55-52(51-62-63(59,60)61-50-49-56(3,4)5)53(57)47-45-43-41-39-37-35-21-19-17-15-13-11-9-7-2/h8,10,14,16,20,22,24-25,27-28,52-53,57H,6-7,9,11-13,15,17-19,21,23,26,29-51H2,1-5H3,(H-,55,58,59,60)/b10-8-,16-14-,22-20-,25-24-,28-27-. The van der Waals surface area contributed by atoms with Gasteiger partial charge >= 0.3 is 0 Å². The number of phosphoric ester groups is 1. The second-order valence-corrected chi connectivity index (χ2v) is 20.3. The molecule has 3 unspecified atom stereocenters. The van der Waals surface area contributed by atoms with Crippen molar-refractivity contribution < 1.29 is 32.9 Å². The Morgan fingerprint density at radius 1 is 0.571 bits per heavy atom. The number of nitrogens with one attached hydrogen (secondary N) is 1. The normalized spacial score (nSPS) is 14.6. The summed E-state index contributed by atoms with van der Waals surface area (Å²) in [6.45, 7) is 4.61. The van der Waals surface area contributed by atoms with E-state index >= 15 is 0 Å². The fraction of sp³-hybridized carbons (Fsp3) is 0.796. The first-order valence-electron chi connectivity index (χ1n) is 26.1. The summed E-state index contributed by atoms with van der Waals surface area (Å²) in [5.41, 5.74) is 0. The fourth-order valence-corrected chi connectivity index (χ4v) is 8.14. The Morgan fingerprint density at radius 3 is 1.41 bits per heavy atom. The van der Waals surface area contributed by atoms with Crippen LogP contribution in [0.15, 0.2) is 60.8 Å². The number of aliphatic hydroxyl groups excluding tert-OH is 1. The molecule has 0 aliphatic heterocycles. The van der Waals surface area contributed by atoms with Crippen LogP contribution in [0.1, 0.15) is 226 Å². The molecule has 3 atom stereocenters. The molecule has 0 aliphatic carbocycles. The van der Waals surface area contributed by atoms with E-state index in [0.29, 0.717) is 23.9 Å². The molecule has 2 N–H and O–H groups in total. The maximum atomic E-state index is 12.9. The number of unbranched alkanes of at least 4 members (excludes halogenated alkanes) is 24. The first-order chi connectivity index (χ1) is 30.5. The number of carbonyl (C=O) groups is 1. The third-order valence-corrected chi connectivity index (χ3v) is 12.5. The zero-order valence-electron chi connectivity index (χ0n) is 41.8. The van der Waals surface area contributed by atoms with Crippen LogP contribution in [0.25, 0.3) is 0 Å². The molecular weight excluding hydrogens is 804 g/mol. The lowest BCUT2D eigenvalue weighted by Gasteiger charge is -2.30. The smallest absolute Gasteiger partial charge is 0.268 e. The van der Waals surface area contributed by atoms with Crippen molar-refractivity contribution in [1.82, 2.24) is 5.32 Å². The van der Waals surface area contributed by atoms with Crippen molar-refractivity contribution in [3.8, 4) is 0 Å². The summed E-state index contributed by atoms with van der Waals surface area (Å²) >= 11 is 0. The van der Waals surface area contributed by atoms with Crippen LogP contribution in [-0.2, 0) is 18.4 Å². The number of hydrogen-bond acceptors (Lipinski definition) is 6. The number of amides is 1. The summed E-state index contributed by atoms with van der Waals surface area (Å²) in [5.74, 6) is -0.170. The maximum Gasteiger partial charge on any atom is 0.268 e. The van der Waals surface area contributed by atoms with E-state index in [2.05, 4.69) is 79.9 Å². The zero-order valence-corrected chi connectivity index (χ0v) is 42.7. The van der Waals surface area contributed by atoms with Gasteiger partial charge in [0.25, 0.3) is 7.82 Å². The zero-order chi connectivity index (χ0) is 46.4. The number of hydrogen-bond donors (Lipinski definition) is 2. The molecule has 63 heavy (non-hydrogen) atoms. The summed E-state index contributed by atoms with van der Waals surface area (Å²) in [5, 5.41) is 14.0. The highest BCUT2D eigenvalue weighted by Crippen LogP contribution is 2.38. The SMILES string of the molecule is CC/C=C\C/C=C\C/C=C\C/C=C\C/C=C\CCCCCCCCCCCCCC(=O)NC(COP(=O)([O-])OCC[N+](C)(C)C)C(O)CCCCCCCCCCCCCCCC. The van der Waals surface area contributed by atoms with E-state index in [1.807, 2.05) is 21.1 Å². The second-order valence-electron chi connectivity index (χ2n) is 18.9. The van der Waals surface area contributed by atoms with Crippen molar-refractivity contribution in [3.05, 3.63) is 60.8 Å². The average molecular weight is 905 g/mol. The van der Waals surface area contributed by atoms with Gasteiger partial charge in [-0.3, -0.25) is 9.36 Å². The Hall–Kier alpha value is -1.80. The van der Waals surface area contributed by atoms with E-state index in [4.69, 9.17) is 9.05 Å². The van der Waals surface area contributed by atoms with Gasteiger partial charge in [-0.2, -0.15) is 0 Å². The van der Waals surface area contributed by atoms with Crippen LogP contribution in [0.2, 0.25) is 0 Å². The van der Waals surface area contributed by atoms with Gasteiger partial charge in [-0.25, -0.2) is 0 Å². The van der Waals surface area contributed by atoms with Crippen LogP contribution >= 0.6 is 7.82 Å². The molecule has 9 heteroatoms. The van der Waals surface area contributed by atoms with E-state index in [-0.39, 0.29) is 19.1 Å². The third kappa shape index (κ3) is 48.0. The van der Waals surface area contributed by atoms with Crippen LogP contribution in [0, 0.1) is 0 Å². The molecule has 0 rings (SSSR count). The van der Waals surface area contributed by atoms with Gasteiger partial charge in [0.2, 0.25) is 5.91 Å². The summed E-state index contributed by atoms with van der Waals surface area (Å²) in [4.78, 5) is 25.4. The lowest BCUT2D eigenvalue weighted by molar-refractivity contribution is -0.870. The summed E-state index contributed by atoms with van der Waals surface area (Å²) in [6, 6.07) is -0.804. The molecule has 0 saturated carbocycles. The number of rotatable bonds is 47. The van der Waals surface area contributed by atoms with E-state index < -0.39 is 20.0 Å². The van der Waals surface area contributed by atoms with Gasteiger partial charge in [0.15, 0.2) is 0 Å². The Labute approximate surface area is 390 Å². The Bertz CT molecular complexity index is 1210. The number of phosphoric acid groups is 1. The van der Waals surface area contributed by atoms with Crippen LogP contribution in [0.5, 0.6) is 0 Å². The first-order valence-corrected chi connectivity index (χ1v) is 27.6. The van der Waals surface area contributed by atoms with Gasteiger partial charge in [0.05, 0.1) is 39.9 Å². The van der Waals surface area contributed by atoms with Gasteiger partial charge in [0, 0.05) is 6.42 Å². The molecule has 8 nitrogen and oxygen atoms in total.